The molecule has 3 N–H and O–H groups in total. The molecule has 1 atom stereocenters. The molecule has 0 fully saturated rings. The average molecular weight is 422 g/mol. The van der Waals surface area contributed by atoms with E-state index in [-0.39, 0.29) is 4.90 Å². The summed E-state index contributed by atoms with van der Waals surface area (Å²) in [4.78, 5) is 26.2. The van der Waals surface area contributed by atoms with Gasteiger partial charge in [0.15, 0.2) is 9.84 Å². The van der Waals surface area contributed by atoms with Crippen LogP contribution in [0.3, 0.4) is 0 Å². The fraction of sp³-hybridized carbons (Fsp3) is 0.143. The van der Waals surface area contributed by atoms with E-state index >= 15 is 0 Å². The molecule has 0 radical (unpaired) electrons. The van der Waals surface area contributed by atoms with Gasteiger partial charge in [0.05, 0.1) is 17.3 Å². The molecule has 0 aliphatic heterocycles. The van der Waals surface area contributed by atoms with Gasteiger partial charge in [-0.15, -0.1) is 0 Å². The minimum absolute atomic E-state index is 0.00141. The summed E-state index contributed by atoms with van der Waals surface area (Å²) in [6, 6.07) is 15.0. The van der Waals surface area contributed by atoms with Gasteiger partial charge in [0.25, 0.3) is 0 Å². The maximum atomic E-state index is 12.6. The van der Waals surface area contributed by atoms with E-state index in [1.54, 1.807) is 42.5 Å². The van der Waals surface area contributed by atoms with E-state index in [4.69, 9.17) is 9.79 Å². The summed E-state index contributed by atoms with van der Waals surface area (Å²) in [6.45, 7) is -0.792. The molecule has 0 saturated carbocycles. The van der Waals surface area contributed by atoms with E-state index < -0.39 is 37.8 Å². The molecule has 26 heavy (non-hydrogen) atoms. The quantitative estimate of drug-likeness (QED) is 0.545. The zero-order chi connectivity index (χ0) is 19.4. The van der Waals surface area contributed by atoms with Crippen molar-refractivity contribution in [1.82, 2.24) is 0 Å². The number of sulfone groups is 1. The Kier molecular flexibility index (Phi) is 6.55. The van der Waals surface area contributed by atoms with Crippen LogP contribution in [-0.2, 0) is 27.8 Å². The van der Waals surface area contributed by atoms with Gasteiger partial charge in [-0.2, -0.15) is 4.31 Å². The van der Waals surface area contributed by atoms with Crippen LogP contribution in [0.4, 0.5) is 0 Å². The van der Waals surface area contributed by atoms with Gasteiger partial charge in [-0.05, 0) is 11.6 Å². The lowest BCUT2D eigenvalue weighted by atomic mass is 10.1. The predicted octanol–water partition coefficient (Wildman–Crippen LogP) is 2.35. The Balaban J connectivity index is 2.17. The van der Waals surface area contributed by atoms with Gasteiger partial charge >= 0.3 is 15.6 Å². The zero-order valence-corrected chi connectivity index (χ0v) is 15.8. The molecule has 0 amide bonds. The largest absolute Gasteiger partial charge is 0.481 e. The second-order valence-corrected chi connectivity index (χ2v) is 9.96. The molecule has 1 unspecified atom stereocenters. The second-order valence-electron chi connectivity index (χ2n) is 5.06. The molecular weight excluding hydrogens is 406 g/mol. The molecule has 2 aromatic carbocycles. The number of rotatable bonds is 8. The van der Waals surface area contributed by atoms with Gasteiger partial charge in [0, 0.05) is 5.56 Å². The molecule has 12 heteroatoms. The van der Waals surface area contributed by atoms with Crippen LogP contribution in [0.15, 0.2) is 59.5 Å². The molecule has 0 heterocycles. The highest BCUT2D eigenvalue weighted by atomic mass is 32.2. The Morgan fingerprint density at radius 1 is 0.885 bits per heavy atom. The van der Waals surface area contributed by atoms with Gasteiger partial charge in [-0.1, -0.05) is 48.5 Å². The van der Waals surface area contributed by atoms with E-state index in [0.29, 0.717) is 11.1 Å². The molecule has 0 spiro atoms. The Morgan fingerprint density at radius 3 is 2.08 bits per heavy atom. The number of hydrogen-bond donors (Lipinski definition) is 3. The van der Waals surface area contributed by atoms with Crippen LogP contribution < -0.4 is 0 Å². The fourth-order valence-electron chi connectivity index (χ4n) is 2.12. The lowest BCUT2D eigenvalue weighted by molar-refractivity contribution is 0.185. The van der Waals surface area contributed by atoms with E-state index in [1.165, 1.54) is 12.1 Å². The Morgan fingerprint density at radius 2 is 1.46 bits per heavy atom. The van der Waals surface area contributed by atoms with Gasteiger partial charge in [0.2, 0.25) is 0 Å². The number of benzene rings is 2. The van der Waals surface area contributed by atoms with Crippen molar-refractivity contribution < 1.29 is 41.1 Å². The Hall–Kier alpha value is -1.35. The van der Waals surface area contributed by atoms with Crippen LogP contribution in [-0.4, -0.2) is 35.5 Å². The molecule has 0 aliphatic carbocycles. The summed E-state index contributed by atoms with van der Waals surface area (Å²) in [7, 11) is -14.3. The highest BCUT2D eigenvalue weighted by molar-refractivity contribution is 7.91. The van der Waals surface area contributed by atoms with Crippen molar-refractivity contribution in [3.63, 3.8) is 0 Å². The van der Waals surface area contributed by atoms with Gasteiger partial charge in [-0.3, -0.25) is 4.52 Å². The standard InChI is InChI=1S/C14H16O9P2S/c15-24(16,17)23-25(18,19)22-10-11-26(20,21)14-9-5-4-8-13(14)12-6-2-1-3-7-12/h1-9H,10-11H2,(H,18,19)(H2,15,16,17). The molecule has 142 valence electrons. The predicted molar refractivity (Wildman–Crippen MR) is 92.8 cm³/mol. The third-order valence-corrected chi connectivity index (χ3v) is 7.04. The maximum absolute atomic E-state index is 12.6. The highest BCUT2D eigenvalue weighted by Gasteiger charge is 2.33. The van der Waals surface area contributed by atoms with Crippen molar-refractivity contribution in [1.29, 1.82) is 0 Å². The molecular formula is C14H16O9P2S. The van der Waals surface area contributed by atoms with Gasteiger partial charge in [0.1, 0.15) is 0 Å². The van der Waals surface area contributed by atoms with E-state index in [2.05, 4.69) is 8.83 Å². The SMILES string of the molecule is O=P(O)(O)OP(=O)(O)OCCS(=O)(=O)c1ccccc1-c1ccccc1. The van der Waals surface area contributed by atoms with Crippen LogP contribution in [0.5, 0.6) is 0 Å². The summed E-state index contributed by atoms with van der Waals surface area (Å²) in [5, 5.41) is 0. The summed E-state index contributed by atoms with van der Waals surface area (Å²) < 4.78 is 55.0. The number of hydrogen-bond acceptors (Lipinski definition) is 6. The zero-order valence-electron chi connectivity index (χ0n) is 13.2. The smallest absolute Gasteiger partial charge is 0.302 e. The first-order valence-corrected chi connectivity index (χ1v) is 11.8. The van der Waals surface area contributed by atoms with Crippen LogP contribution in [0.1, 0.15) is 0 Å². The van der Waals surface area contributed by atoms with Crippen molar-refractivity contribution in [3.8, 4) is 11.1 Å². The topological polar surface area (TPSA) is 147 Å². The lowest BCUT2D eigenvalue weighted by Crippen LogP contribution is -2.13. The Bertz CT molecular complexity index is 953. The third-order valence-electron chi connectivity index (χ3n) is 3.12. The monoisotopic (exact) mass is 422 g/mol. The maximum Gasteiger partial charge on any atom is 0.481 e. The van der Waals surface area contributed by atoms with Crippen molar-refractivity contribution >= 4 is 25.5 Å². The van der Waals surface area contributed by atoms with Gasteiger partial charge in [-0.25, -0.2) is 17.5 Å². The first kappa shape index (κ1) is 21.0. The second kappa shape index (κ2) is 8.12. The van der Waals surface area contributed by atoms with Crippen LogP contribution in [0.2, 0.25) is 0 Å². The number of phosphoric ester groups is 1. The van der Waals surface area contributed by atoms with Gasteiger partial charge < -0.3 is 14.7 Å². The lowest BCUT2D eigenvalue weighted by Gasteiger charge is -2.13. The highest BCUT2D eigenvalue weighted by Crippen LogP contribution is 2.57. The minimum atomic E-state index is -5.26. The normalized spacial score (nSPS) is 14.7. The summed E-state index contributed by atoms with van der Waals surface area (Å²) in [6.07, 6.45) is 0. The molecule has 0 aliphatic rings. The minimum Gasteiger partial charge on any atom is -0.302 e. The van der Waals surface area contributed by atoms with Crippen molar-refractivity contribution in [2.75, 3.05) is 12.4 Å². The molecule has 2 aromatic rings. The molecule has 0 aromatic heterocycles. The summed E-state index contributed by atoms with van der Waals surface area (Å²) in [5.41, 5.74) is 1.12. The van der Waals surface area contributed by atoms with E-state index in [0.717, 1.165) is 0 Å². The first-order chi connectivity index (χ1) is 12.0. The van der Waals surface area contributed by atoms with E-state index in [9.17, 15) is 22.4 Å². The number of phosphoric acid groups is 2. The summed E-state index contributed by atoms with van der Waals surface area (Å²) >= 11 is 0. The van der Waals surface area contributed by atoms with Crippen molar-refractivity contribution in [2.24, 2.45) is 0 Å². The molecule has 0 saturated heterocycles. The average Bonchev–Trinajstić information content (AvgIpc) is 2.53. The van der Waals surface area contributed by atoms with Crippen LogP contribution in [0.25, 0.3) is 11.1 Å². The first-order valence-electron chi connectivity index (χ1n) is 7.12. The van der Waals surface area contributed by atoms with Crippen molar-refractivity contribution in [3.05, 3.63) is 54.6 Å². The fourth-order valence-corrected chi connectivity index (χ4v) is 5.16. The van der Waals surface area contributed by atoms with Crippen molar-refractivity contribution in [2.45, 2.75) is 4.90 Å². The molecule has 2 rings (SSSR count). The van der Waals surface area contributed by atoms with Crippen LogP contribution in [0, 0.1) is 0 Å². The summed E-state index contributed by atoms with van der Waals surface area (Å²) in [5.74, 6) is -0.689. The van der Waals surface area contributed by atoms with Crippen LogP contribution >= 0.6 is 15.6 Å². The molecule has 0 bridgehead atoms. The van der Waals surface area contributed by atoms with E-state index in [1.807, 2.05) is 0 Å². The third kappa shape index (κ3) is 6.12. The molecule has 9 nitrogen and oxygen atoms in total. The Labute approximate surface area is 150 Å².